The molecule has 0 amide bonds. The van der Waals surface area contributed by atoms with Crippen molar-refractivity contribution in [3.05, 3.63) is 0 Å². The van der Waals surface area contributed by atoms with E-state index in [0.717, 1.165) is 0 Å². The van der Waals surface area contributed by atoms with Crippen molar-refractivity contribution in [3.63, 3.8) is 0 Å². The van der Waals surface area contributed by atoms with E-state index in [1.165, 1.54) is 5.90 Å². The van der Waals surface area contributed by atoms with Crippen LogP contribution in [0.15, 0.2) is 0 Å². The molecule has 15 heavy (non-hydrogen) atoms. The second-order valence-electron chi connectivity index (χ2n) is 4.27. The zero-order valence-electron chi connectivity index (χ0n) is 11.4. The van der Waals surface area contributed by atoms with Gasteiger partial charge in [-0.15, -0.1) is 0 Å². The fourth-order valence-corrected chi connectivity index (χ4v) is 7.72. The number of rotatable bonds is 6. The summed E-state index contributed by atoms with van der Waals surface area (Å²) < 4.78 is 9.38. The smallest absolute Gasteiger partial charge is 0.0455 e. The molecule has 0 spiro atoms. The highest BCUT2D eigenvalue weighted by molar-refractivity contribution is 7.69. The zero-order valence-corrected chi connectivity index (χ0v) is 13.2. The van der Waals surface area contributed by atoms with Crippen LogP contribution in [0.2, 0.25) is 0 Å². The van der Waals surface area contributed by atoms with Crippen LogP contribution in [-0.2, 0) is 0 Å². The molecule has 0 aliphatic carbocycles. The Balaban J connectivity index is 4.48. The first kappa shape index (κ1) is 15.7. The maximum atomic E-state index is 2.34. The Kier molecular flexibility index (Phi) is 7.44. The van der Waals surface area contributed by atoms with Crippen molar-refractivity contribution in [2.75, 3.05) is 62.3 Å². The molecular formula is C9H26N4P2. The minimum atomic E-state index is -0.171. The Morgan fingerprint density at radius 1 is 0.533 bits per heavy atom. The van der Waals surface area contributed by atoms with Crippen molar-refractivity contribution >= 4 is 16.4 Å². The Bertz CT molecular complexity index is 139. The van der Waals surface area contributed by atoms with E-state index in [1.54, 1.807) is 0 Å². The Morgan fingerprint density at radius 3 is 0.867 bits per heavy atom. The fourth-order valence-electron chi connectivity index (χ4n) is 1.33. The van der Waals surface area contributed by atoms with E-state index >= 15 is 0 Å². The van der Waals surface area contributed by atoms with Gasteiger partial charge in [0.2, 0.25) is 0 Å². The summed E-state index contributed by atoms with van der Waals surface area (Å²) in [5.41, 5.74) is 0. The third-order valence-electron chi connectivity index (χ3n) is 2.10. The van der Waals surface area contributed by atoms with E-state index in [1.807, 2.05) is 0 Å². The lowest BCUT2D eigenvalue weighted by Gasteiger charge is -2.37. The zero-order chi connectivity index (χ0) is 12.2. The van der Waals surface area contributed by atoms with Gasteiger partial charge >= 0.3 is 0 Å². The highest BCUT2D eigenvalue weighted by Gasteiger charge is 2.23. The third-order valence-corrected chi connectivity index (χ3v) is 7.82. The summed E-state index contributed by atoms with van der Waals surface area (Å²) in [6, 6.07) is 0. The van der Waals surface area contributed by atoms with Gasteiger partial charge in [0.05, 0.1) is 0 Å². The molecule has 0 aromatic carbocycles. The number of nitrogens with zero attached hydrogens (tertiary/aromatic N) is 4. The quantitative estimate of drug-likeness (QED) is 0.668. The molecular weight excluding hydrogens is 226 g/mol. The van der Waals surface area contributed by atoms with Crippen LogP contribution in [0.3, 0.4) is 0 Å². The summed E-state index contributed by atoms with van der Waals surface area (Å²) in [5.74, 6) is 1.24. The average Bonchev–Trinajstić information content (AvgIpc) is 2.01. The summed E-state index contributed by atoms with van der Waals surface area (Å²) in [6.45, 7) is 0. The van der Waals surface area contributed by atoms with Gasteiger partial charge in [0.15, 0.2) is 0 Å². The van der Waals surface area contributed by atoms with Gasteiger partial charge in [-0.3, -0.25) is 18.7 Å². The minimum Gasteiger partial charge on any atom is -0.276 e. The Labute approximate surface area is 97.9 Å². The van der Waals surface area contributed by atoms with Gasteiger partial charge in [0.25, 0.3) is 0 Å². The van der Waals surface area contributed by atoms with Gasteiger partial charge in [-0.25, -0.2) is 0 Å². The van der Waals surface area contributed by atoms with Crippen molar-refractivity contribution < 1.29 is 0 Å². The Morgan fingerprint density at radius 2 is 0.733 bits per heavy atom. The first-order valence-corrected chi connectivity index (χ1v) is 7.88. The third kappa shape index (κ3) is 5.53. The fraction of sp³-hybridized carbons (Fsp3) is 1.00. The van der Waals surface area contributed by atoms with Crippen LogP contribution in [-0.4, -0.2) is 81.0 Å². The van der Waals surface area contributed by atoms with Crippen molar-refractivity contribution in [3.8, 4) is 0 Å². The molecule has 92 valence electrons. The van der Waals surface area contributed by atoms with Gasteiger partial charge in [0.1, 0.15) is 0 Å². The summed E-state index contributed by atoms with van der Waals surface area (Å²) in [7, 11) is 17.0. The van der Waals surface area contributed by atoms with Crippen LogP contribution >= 0.6 is 16.4 Å². The summed E-state index contributed by atoms with van der Waals surface area (Å²) in [5, 5.41) is 0. The normalized spacial score (nSPS) is 13.2. The lowest BCUT2D eigenvalue weighted by atomic mass is 11.3. The number of hydrogen-bond donors (Lipinski definition) is 0. The number of hydrogen-bond acceptors (Lipinski definition) is 4. The van der Waals surface area contributed by atoms with Crippen molar-refractivity contribution in [1.29, 1.82) is 0 Å². The molecule has 0 N–H and O–H groups in total. The minimum absolute atomic E-state index is 0.171. The van der Waals surface area contributed by atoms with Crippen LogP contribution in [0.5, 0.6) is 0 Å². The van der Waals surface area contributed by atoms with Crippen LogP contribution in [0.1, 0.15) is 0 Å². The largest absolute Gasteiger partial charge is 0.276 e. The monoisotopic (exact) mass is 252 g/mol. The van der Waals surface area contributed by atoms with E-state index in [-0.39, 0.29) is 16.4 Å². The molecule has 0 bridgehead atoms. The van der Waals surface area contributed by atoms with Gasteiger partial charge in [-0.05, 0) is 56.4 Å². The molecule has 0 unspecified atom stereocenters. The standard InChI is InChI=1S/C9H26N4P2/c1-10(2)14(11(3)4)9-15(12(5)6)13(7)8/h9H2,1-8H3. The summed E-state index contributed by atoms with van der Waals surface area (Å²) >= 11 is 0. The first-order chi connectivity index (χ1) is 6.77. The lowest BCUT2D eigenvalue weighted by molar-refractivity contribution is 0.561. The van der Waals surface area contributed by atoms with Crippen molar-refractivity contribution in [1.82, 2.24) is 18.7 Å². The maximum absolute atomic E-state index is 2.34. The highest BCUT2D eigenvalue weighted by Crippen LogP contribution is 2.54. The van der Waals surface area contributed by atoms with Gasteiger partial charge in [0, 0.05) is 22.3 Å². The second-order valence-corrected chi connectivity index (χ2v) is 10.1. The summed E-state index contributed by atoms with van der Waals surface area (Å²) in [6.07, 6.45) is 0. The van der Waals surface area contributed by atoms with Crippen molar-refractivity contribution in [2.24, 2.45) is 0 Å². The predicted molar refractivity (Wildman–Crippen MR) is 73.5 cm³/mol. The molecule has 0 radical (unpaired) electrons. The molecule has 0 heterocycles. The first-order valence-electron chi connectivity index (χ1n) is 5.01. The van der Waals surface area contributed by atoms with E-state index in [0.29, 0.717) is 0 Å². The van der Waals surface area contributed by atoms with E-state index in [4.69, 9.17) is 0 Å². The Hall–Kier alpha value is 0.700. The molecule has 0 saturated heterocycles. The van der Waals surface area contributed by atoms with Crippen LogP contribution in [0.25, 0.3) is 0 Å². The second kappa shape index (κ2) is 7.11. The molecule has 6 heteroatoms. The van der Waals surface area contributed by atoms with Crippen LogP contribution in [0, 0.1) is 0 Å². The molecule has 0 atom stereocenters. The van der Waals surface area contributed by atoms with Crippen LogP contribution in [0.4, 0.5) is 0 Å². The molecule has 0 aromatic heterocycles. The maximum Gasteiger partial charge on any atom is 0.0455 e. The molecule has 0 fully saturated rings. The van der Waals surface area contributed by atoms with Gasteiger partial charge < -0.3 is 0 Å². The van der Waals surface area contributed by atoms with Crippen LogP contribution < -0.4 is 0 Å². The molecule has 0 aliphatic rings. The molecule has 0 saturated carbocycles. The summed E-state index contributed by atoms with van der Waals surface area (Å²) in [4.78, 5) is 0. The predicted octanol–water partition coefficient (Wildman–Crippen LogP) is 1.81. The SMILES string of the molecule is CN(C)P(CP(N(C)C)N(C)C)N(C)C. The average molecular weight is 252 g/mol. The van der Waals surface area contributed by atoms with Crippen molar-refractivity contribution in [2.45, 2.75) is 0 Å². The highest BCUT2D eigenvalue weighted by atomic mass is 31.2. The van der Waals surface area contributed by atoms with Gasteiger partial charge in [-0.1, -0.05) is 0 Å². The van der Waals surface area contributed by atoms with E-state index < -0.39 is 0 Å². The molecule has 4 nitrogen and oxygen atoms in total. The molecule has 0 rings (SSSR count). The molecule has 0 aliphatic heterocycles. The van der Waals surface area contributed by atoms with Gasteiger partial charge in [-0.2, -0.15) is 0 Å². The lowest BCUT2D eigenvalue weighted by Crippen LogP contribution is -2.24. The molecule has 0 aromatic rings. The topological polar surface area (TPSA) is 13.0 Å². The van der Waals surface area contributed by atoms with E-state index in [2.05, 4.69) is 75.1 Å². The van der Waals surface area contributed by atoms with E-state index in [9.17, 15) is 0 Å².